The van der Waals surface area contributed by atoms with Crippen LogP contribution in [0.3, 0.4) is 0 Å². The van der Waals surface area contributed by atoms with Gasteiger partial charge < -0.3 is 15.0 Å². The fraction of sp³-hybridized carbons (Fsp3) is 0.389. The van der Waals surface area contributed by atoms with Crippen molar-refractivity contribution in [3.63, 3.8) is 0 Å². The average molecular weight is 361 g/mol. The van der Waals surface area contributed by atoms with E-state index in [2.05, 4.69) is 17.2 Å². The lowest BCUT2D eigenvalue weighted by molar-refractivity contribution is -0.116. The van der Waals surface area contributed by atoms with E-state index in [1.165, 1.54) is 18.4 Å². The molecule has 0 saturated carbocycles. The molecule has 0 radical (unpaired) electrons. The molecule has 25 heavy (non-hydrogen) atoms. The van der Waals surface area contributed by atoms with E-state index in [4.69, 9.17) is 4.74 Å². The second-order valence-corrected chi connectivity index (χ2v) is 6.41. The molecule has 1 heterocycles. The highest BCUT2D eigenvalue weighted by Crippen LogP contribution is 2.20. The lowest BCUT2D eigenvalue weighted by Gasteiger charge is -2.23. The van der Waals surface area contributed by atoms with Crippen LogP contribution < -0.4 is 10.1 Å². The SMILES string of the molecule is CCCCCN(CC(=O)Nc1nccs1)C(=O)c1ccccc1OC. The molecule has 1 aromatic heterocycles. The molecule has 0 aliphatic heterocycles. The molecule has 2 aromatic rings. The molecule has 0 aliphatic rings. The van der Waals surface area contributed by atoms with Crippen LogP contribution in [0.2, 0.25) is 0 Å². The largest absolute Gasteiger partial charge is 0.496 e. The van der Waals surface area contributed by atoms with Gasteiger partial charge in [-0.3, -0.25) is 9.59 Å². The van der Waals surface area contributed by atoms with E-state index in [-0.39, 0.29) is 18.4 Å². The number of hydrogen-bond donors (Lipinski definition) is 1. The summed E-state index contributed by atoms with van der Waals surface area (Å²) < 4.78 is 5.28. The number of amides is 2. The van der Waals surface area contributed by atoms with Gasteiger partial charge in [-0.25, -0.2) is 4.98 Å². The molecule has 0 atom stereocenters. The van der Waals surface area contributed by atoms with Crippen molar-refractivity contribution in [3.05, 3.63) is 41.4 Å². The van der Waals surface area contributed by atoms with Crippen LogP contribution in [-0.2, 0) is 4.79 Å². The first-order valence-electron chi connectivity index (χ1n) is 8.27. The lowest BCUT2D eigenvalue weighted by atomic mass is 10.1. The van der Waals surface area contributed by atoms with Crippen LogP contribution in [0.5, 0.6) is 5.75 Å². The molecule has 0 saturated heterocycles. The van der Waals surface area contributed by atoms with E-state index >= 15 is 0 Å². The number of ether oxygens (including phenoxy) is 1. The summed E-state index contributed by atoms with van der Waals surface area (Å²) in [5, 5.41) is 5.04. The molecule has 2 rings (SSSR count). The van der Waals surface area contributed by atoms with Crippen molar-refractivity contribution >= 4 is 28.3 Å². The van der Waals surface area contributed by atoms with Crippen LogP contribution in [-0.4, -0.2) is 41.9 Å². The predicted octanol–water partition coefficient (Wildman–Crippen LogP) is 3.42. The Bertz CT molecular complexity index is 689. The zero-order valence-corrected chi connectivity index (χ0v) is 15.3. The molecule has 0 aliphatic carbocycles. The Labute approximate surface area is 151 Å². The Hall–Kier alpha value is -2.41. The van der Waals surface area contributed by atoms with Gasteiger partial charge in [0, 0.05) is 18.1 Å². The summed E-state index contributed by atoms with van der Waals surface area (Å²) in [6.45, 7) is 2.61. The number of thiazole rings is 1. The number of carbonyl (C=O) groups is 2. The molecule has 6 nitrogen and oxygen atoms in total. The molecule has 134 valence electrons. The maximum atomic E-state index is 12.9. The molecule has 0 fully saturated rings. The van der Waals surface area contributed by atoms with Crippen LogP contribution in [0.25, 0.3) is 0 Å². The first-order chi connectivity index (χ1) is 12.2. The van der Waals surface area contributed by atoms with Crippen LogP contribution in [0.15, 0.2) is 35.8 Å². The van der Waals surface area contributed by atoms with Gasteiger partial charge in [-0.15, -0.1) is 11.3 Å². The maximum absolute atomic E-state index is 12.9. The number of unbranched alkanes of at least 4 members (excludes halogenated alkanes) is 2. The van der Waals surface area contributed by atoms with E-state index in [0.29, 0.717) is 23.0 Å². The summed E-state index contributed by atoms with van der Waals surface area (Å²) in [6, 6.07) is 7.06. The van der Waals surface area contributed by atoms with Gasteiger partial charge in [0.25, 0.3) is 5.91 Å². The van der Waals surface area contributed by atoms with Gasteiger partial charge >= 0.3 is 0 Å². The van der Waals surface area contributed by atoms with Crippen molar-refractivity contribution in [1.82, 2.24) is 9.88 Å². The van der Waals surface area contributed by atoms with Gasteiger partial charge in [-0.1, -0.05) is 31.9 Å². The normalized spacial score (nSPS) is 10.3. The number of benzene rings is 1. The van der Waals surface area contributed by atoms with Crippen molar-refractivity contribution in [3.8, 4) is 5.75 Å². The number of nitrogens with one attached hydrogen (secondary N) is 1. The summed E-state index contributed by atoms with van der Waals surface area (Å²) in [5.74, 6) is 0.0471. The van der Waals surface area contributed by atoms with Crippen molar-refractivity contribution < 1.29 is 14.3 Å². The van der Waals surface area contributed by atoms with E-state index < -0.39 is 0 Å². The number of rotatable bonds is 9. The fourth-order valence-corrected chi connectivity index (χ4v) is 2.96. The second kappa shape index (κ2) is 9.78. The topological polar surface area (TPSA) is 71.5 Å². The van der Waals surface area contributed by atoms with Gasteiger partial charge in [0.1, 0.15) is 12.3 Å². The average Bonchev–Trinajstić information content (AvgIpc) is 3.13. The zero-order chi connectivity index (χ0) is 18.1. The van der Waals surface area contributed by atoms with Crippen LogP contribution >= 0.6 is 11.3 Å². The Morgan fingerprint density at radius 2 is 2.08 bits per heavy atom. The monoisotopic (exact) mass is 361 g/mol. The Morgan fingerprint density at radius 1 is 1.28 bits per heavy atom. The van der Waals surface area contributed by atoms with Gasteiger partial charge in [0.15, 0.2) is 5.13 Å². The number of para-hydroxylation sites is 1. The minimum Gasteiger partial charge on any atom is -0.496 e. The third-order valence-electron chi connectivity index (χ3n) is 3.67. The zero-order valence-electron chi connectivity index (χ0n) is 14.5. The number of aromatic nitrogens is 1. The van der Waals surface area contributed by atoms with Gasteiger partial charge in [0.05, 0.1) is 12.7 Å². The van der Waals surface area contributed by atoms with Gasteiger partial charge in [-0.2, -0.15) is 0 Å². The smallest absolute Gasteiger partial charge is 0.258 e. The molecule has 7 heteroatoms. The summed E-state index contributed by atoms with van der Waals surface area (Å²) in [4.78, 5) is 30.8. The van der Waals surface area contributed by atoms with Crippen LogP contribution in [0, 0.1) is 0 Å². The molecule has 1 N–H and O–H groups in total. The minimum absolute atomic E-state index is 0.0137. The molecular formula is C18H23N3O3S. The van der Waals surface area contributed by atoms with Crippen molar-refractivity contribution in [1.29, 1.82) is 0 Å². The van der Waals surface area contributed by atoms with Crippen molar-refractivity contribution in [2.75, 3.05) is 25.5 Å². The number of nitrogens with zero attached hydrogens (tertiary/aromatic N) is 2. The number of carbonyl (C=O) groups excluding carboxylic acids is 2. The first-order valence-corrected chi connectivity index (χ1v) is 9.15. The van der Waals surface area contributed by atoms with Crippen LogP contribution in [0.4, 0.5) is 5.13 Å². The number of anilines is 1. The van der Waals surface area contributed by atoms with E-state index in [1.807, 2.05) is 6.07 Å². The van der Waals surface area contributed by atoms with Crippen molar-refractivity contribution in [2.24, 2.45) is 0 Å². The van der Waals surface area contributed by atoms with Gasteiger partial charge in [0.2, 0.25) is 5.91 Å². The minimum atomic E-state index is -0.255. The van der Waals surface area contributed by atoms with Gasteiger partial charge in [-0.05, 0) is 18.6 Å². The molecule has 0 bridgehead atoms. The quantitative estimate of drug-likeness (QED) is 0.695. The molecule has 0 unspecified atom stereocenters. The molecular weight excluding hydrogens is 338 g/mol. The Kier molecular flexibility index (Phi) is 7.40. The fourth-order valence-electron chi connectivity index (χ4n) is 2.41. The second-order valence-electron chi connectivity index (χ2n) is 5.52. The van der Waals surface area contributed by atoms with E-state index in [0.717, 1.165) is 19.3 Å². The summed E-state index contributed by atoms with van der Waals surface area (Å²) >= 11 is 1.34. The highest BCUT2D eigenvalue weighted by Gasteiger charge is 2.21. The van der Waals surface area contributed by atoms with E-state index in [1.54, 1.807) is 34.7 Å². The standard InChI is InChI=1S/C18H23N3O3S/c1-3-4-7-11-21(13-16(22)20-18-19-10-12-25-18)17(23)14-8-5-6-9-15(14)24-2/h5-6,8-10,12H,3-4,7,11,13H2,1-2H3,(H,19,20,22). The highest BCUT2D eigenvalue weighted by molar-refractivity contribution is 7.13. The van der Waals surface area contributed by atoms with Crippen molar-refractivity contribution in [2.45, 2.75) is 26.2 Å². The van der Waals surface area contributed by atoms with E-state index in [9.17, 15) is 9.59 Å². The third kappa shape index (κ3) is 5.56. The van der Waals surface area contributed by atoms with Crippen LogP contribution in [0.1, 0.15) is 36.5 Å². The Balaban J connectivity index is 2.10. The maximum Gasteiger partial charge on any atom is 0.258 e. The highest BCUT2D eigenvalue weighted by atomic mass is 32.1. The number of hydrogen-bond acceptors (Lipinski definition) is 5. The summed E-state index contributed by atoms with van der Waals surface area (Å²) in [6.07, 6.45) is 4.52. The first kappa shape index (κ1) is 18.9. The molecule has 2 amide bonds. The lowest BCUT2D eigenvalue weighted by Crippen LogP contribution is -2.38. The summed E-state index contributed by atoms with van der Waals surface area (Å²) in [5.41, 5.74) is 0.462. The predicted molar refractivity (Wildman–Crippen MR) is 99.2 cm³/mol. The number of methoxy groups -OCH3 is 1. The molecule has 1 aromatic carbocycles. The molecule has 0 spiro atoms. The third-order valence-corrected chi connectivity index (χ3v) is 4.36. The summed E-state index contributed by atoms with van der Waals surface area (Å²) in [7, 11) is 1.53. The Morgan fingerprint density at radius 3 is 2.76 bits per heavy atom.